The number of aliphatic hydroxyl groups is 1. The van der Waals surface area contributed by atoms with Crippen molar-refractivity contribution >= 4 is 6.03 Å². The number of benzene rings is 1. The number of carbonyl (C=O) groups is 1. The van der Waals surface area contributed by atoms with E-state index in [9.17, 15) is 9.90 Å². The molecule has 7 heteroatoms. The normalized spacial score (nSPS) is 14.7. The van der Waals surface area contributed by atoms with E-state index in [-0.39, 0.29) is 18.0 Å². The lowest BCUT2D eigenvalue weighted by Gasteiger charge is -2.20. The molecule has 23 heavy (non-hydrogen) atoms. The Morgan fingerprint density at radius 3 is 2.65 bits per heavy atom. The second-order valence-electron chi connectivity index (χ2n) is 5.64. The minimum Gasteiger partial charge on any atom is -0.393 e. The lowest BCUT2D eigenvalue weighted by molar-refractivity contribution is 0.173. The number of carbonyl (C=O) groups excluding carboxylic acids is 1. The Balaban J connectivity index is 1.89. The van der Waals surface area contributed by atoms with Gasteiger partial charge in [-0.1, -0.05) is 30.3 Å². The Labute approximate surface area is 135 Å². The first-order valence-corrected chi connectivity index (χ1v) is 7.69. The van der Waals surface area contributed by atoms with Crippen LogP contribution in [0, 0.1) is 0 Å². The molecule has 2 rings (SSSR count). The van der Waals surface area contributed by atoms with E-state index >= 15 is 0 Å². The van der Waals surface area contributed by atoms with Gasteiger partial charge in [0, 0.05) is 12.5 Å². The molecule has 0 saturated carbocycles. The highest BCUT2D eigenvalue weighted by molar-refractivity contribution is 5.74. The summed E-state index contributed by atoms with van der Waals surface area (Å²) in [5.41, 5.74) is 1.09. The number of aromatic nitrogens is 3. The smallest absolute Gasteiger partial charge is 0.315 e. The Morgan fingerprint density at radius 2 is 2.04 bits per heavy atom. The Hall–Kier alpha value is -2.41. The highest BCUT2D eigenvalue weighted by atomic mass is 16.3. The van der Waals surface area contributed by atoms with Crippen LogP contribution in [-0.4, -0.2) is 39.0 Å². The monoisotopic (exact) mass is 317 g/mol. The largest absolute Gasteiger partial charge is 0.393 e. The van der Waals surface area contributed by atoms with Gasteiger partial charge in [0.15, 0.2) is 0 Å². The topological polar surface area (TPSA) is 103 Å². The summed E-state index contributed by atoms with van der Waals surface area (Å²) in [5, 5.41) is 21.8. The van der Waals surface area contributed by atoms with Crippen LogP contribution in [0.25, 0.3) is 0 Å². The summed E-state index contributed by atoms with van der Waals surface area (Å²) in [6.45, 7) is 4.02. The van der Waals surface area contributed by atoms with Gasteiger partial charge in [-0.25, -0.2) is 9.78 Å². The molecule has 0 bridgehead atoms. The summed E-state index contributed by atoms with van der Waals surface area (Å²) in [6.07, 6.45) is 1.56. The average molecular weight is 317 g/mol. The van der Waals surface area contributed by atoms with Gasteiger partial charge < -0.3 is 15.7 Å². The highest BCUT2D eigenvalue weighted by Gasteiger charge is 2.17. The van der Waals surface area contributed by atoms with Crippen molar-refractivity contribution in [1.82, 2.24) is 25.8 Å². The van der Waals surface area contributed by atoms with E-state index in [0.29, 0.717) is 18.8 Å². The molecular weight excluding hydrogens is 294 g/mol. The summed E-state index contributed by atoms with van der Waals surface area (Å²) in [6, 6.07) is 9.33. The van der Waals surface area contributed by atoms with Crippen molar-refractivity contribution in [1.29, 1.82) is 0 Å². The van der Waals surface area contributed by atoms with Crippen molar-refractivity contribution in [3.63, 3.8) is 0 Å². The number of nitrogens with zero attached hydrogens (tertiary/aromatic N) is 2. The molecule has 0 aliphatic heterocycles. The number of hydrogen-bond acceptors (Lipinski definition) is 4. The van der Waals surface area contributed by atoms with Crippen LogP contribution in [-0.2, 0) is 0 Å². The SMILES string of the molecule is CC(O)CC(CNC(=O)NC(C)c1ncn[nH]1)c1ccccc1. The number of aromatic amines is 1. The van der Waals surface area contributed by atoms with Crippen LogP contribution in [0.4, 0.5) is 4.79 Å². The lowest BCUT2D eigenvalue weighted by Crippen LogP contribution is -2.39. The fourth-order valence-corrected chi connectivity index (χ4v) is 2.43. The van der Waals surface area contributed by atoms with Crippen LogP contribution < -0.4 is 10.6 Å². The first kappa shape index (κ1) is 17.0. The van der Waals surface area contributed by atoms with Crippen LogP contribution in [0.2, 0.25) is 0 Å². The van der Waals surface area contributed by atoms with E-state index in [0.717, 1.165) is 5.56 Å². The molecule has 0 radical (unpaired) electrons. The van der Waals surface area contributed by atoms with Gasteiger partial charge in [0.25, 0.3) is 0 Å². The third kappa shape index (κ3) is 5.37. The van der Waals surface area contributed by atoms with E-state index in [2.05, 4.69) is 25.8 Å². The zero-order chi connectivity index (χ0) is 16.7. The van der Waals surface area contributed by atoms with Crippen LogP contribution >= 0.6 is 0 Å². The number of hydrogen-bond donors (Lipinski definition) is 4. The number of urea groups is 1. The molecule has 3 atom stereocenters. The number of rotatable bonds is 7. The summed E-state index contributed by atoms with van der Waals surface area (Å²) in [5.74, 6) is 0.659. The molecule has 7 nitrogen and oxygen atoms in total. The van der Waals surface area contributed by atoms with Gasteiger partial charge in [-0.3, -0.25) is 5.10 Å². The van der Waals surface area contributed by atoms with Crippen molar-refractivity contribution in [2.45, 2.75) is 38.3 Å². The minimum atomic E-state index is -0.432. The molecule has 0 saturated heterocycles. The van der Waals surface area contributed by atoms with E-state index in [1.54, 1.807) is 6.92 Å². The summed E-state index contributed by atoms with van der Waals surface area (Å²) in [7, 11) is 0. The Morgan fingerprint density at radius 1 is 1.30 bits per heavy atom. The zero-order valence-electron chi connectivity index (χ0n) is 13.4. The van der Waals surface area contributed by atoms with E-state index < -0.39 is 6.10 Å². The van der Waals surface area contributed by atoms with Gasteiger partial charge in [0.05, 0.1) is 12.1 Å². The average Bonchev–Trinajstić information content (AvgIpc) is 3.06. The fourth-order valence-electron chi connectivity index (χ4n) is 2.43. The first-order chi connectivity index (χ1) is 11.1. The van der Waals surface area contributed by atoms with Gasteiger partial charge >= 0.3 is 6.03 Å². The number of H-pyrrole nitrogens is 1. The molecule has 0 fully saturated rings. The van der Waals surface area contributed by atoms with Crippen LogP contribution in [0.1, 0.15) is 43.6 Å². The molecule has 124 valence electrons. The molecule has 3 unspecified atom stereocenters. The van der Waals surface area contributed by atoms with Crippen molar-refractivity contribution < 1.29 is 9.90 Å². The number of nitrogens with one attached hydrogen (secondary N) is 3. The maximum absolute atomic E-state index is 12.0. The van der Waals surface area contributed by atoms with Crippen molar-refractivity contribution in [2.75, 3.05) is 6.54 Å². The summed E-state index contributed by atoms with van der Waals surface area (Å²) in [4.78, 5) is 16.0. The fraction of sp³-hybridized carbons (Fsp3) is 0.438. The van der Waals surface area contributed by atoms with Crippen molar-refractivity contribution in [3.05, 3.63) is 48.0 Å². The van der Waals surface area contributed by atoms with E-state index in [1.807, 2.05) is 37.3 Å². The Kier molecular flexibility index (Phi) is 6.10. The minimum absolute atomic E-state index is 0.0579. The summed E-state index contributed by atoms with van der Waals surface area (Å²) < 4.78 is 0. The van der Waals surface area contributed by atoms with Gasteiger partial charge in [0.1, 0.15) is 12.2 Å². The maximum atomic E-state index is 12.0. The molecule has 2 amide bonds. The molecular formula is C16H23N5O2. The van der Waals surface area contributed by atoms with E-state index in [4.69, 9.17) is 0 Å². The van der Waals surface area contributed by atoms with Crippen molar-refractivity contribution in [3.8, 4) is 0 Å². The predicted molar refractivity (Wildman–Crippen MR) is 86.8 cm³/mol. The third-order valence-corrected chi connectivity index (χ3v) is 3.60. The summed E-state index contributed by atoms with van der Waals surface area (Å²) >= 11 is 0. The number of amides is 2. The number of aliphatic hydroxyl groups excluding tert-OH is 1. The predicted octanol–water partition coefficient (Wildman–Crippen LogP) is 1.72. The van der Waals surface area contributed by atoms with Gasteiger partial charge in [0.2, 0.25) is 0 Å². The second kappa shape index (κ2) is 8.28. The van der Waals surface area contributed by atoms with Crippen LogP contribution in [0.5, 0.6) is 0 Å². The molecule has 0 spiro atoms. The van der Waals surface area contributed by atoms with Gasteiger partial charge in [-0.05, 0) is 25.8 Å². The molecule has 0 aliphatic rings. The quantitative estimate of drug-likeness (QED) is 0.624. The maximum Gasteiger partial charge on any atom is 0.315 e. The zero-order valence-corrected chi connectivity index (χ0v) is 13.4. The molecule has 1 aromatic heterocycles. The van der Waals surface area contributed by atoms with E-state index in [1.165, 1.54) is 6.33 Å². The van der Waals surface area contributed by atoms with Crippen molar-refractivity contribution in [2.24, 2.45) is 0 Å². The molecule has 2 aromatic rings. The molecule has 0 aliphatic carbocycles. The van der Waals surface area contributed by atoms with Gasteiger partial charge in [-0.15, -0.1) is 0 Å². The standard InChI is InChI=1S/C16H23N5O2/c1-11(22)8-14(13-6-4-3-5-7-13)9-17-16(23)20-12(2)15-18-10-19-21-15/h3-7,10-12,14,22H,8-9H2,1-2H3,(H2,17,20,23)(H,18,19,21). The first-order valence-electron chi connectivity index (χ1n) is 7.69. The molecule has 1 heterocycles. The van der Waals surface area contributed by atoms with Gasteiger partial charge in [-0.2, -0.15) is 5.10 Å². The van der Waals surface area contributed by atoms with Crippen LogP contribution in [0.3, 0.4) is 0 Å². The molecule has 4 N–H and O–H groups in total. The second-order valence-corrected chi connectivity index (χ2v) is 5.64. The molecule has 1 aromatic carbocycles. The third-order valence-electron chi connectivity index (χ3n) is 3.60. The Bertz CT molecular complexity index is 586. The lowest BCUT2D eigenvalue weighted by atomic mass is 9.93. The highest BCUT2D eigenvalue weighted by Crippen LogP contribution is 2.20. The van der Waals surface area contributed by atoms with Crippen LogP contribution in [0.15, 0.2) is 36.7 Å².